The molecule has 0 aliphatic rings. The first-order valence-electron chi connectivity index (χ1n) is 4.92. The minimum absolute atomic E-state index is 0.0407. The van der Waals surface area contributed by atoms with Crippen molar-refractivity contribution >= 4 is 21.9 Å². The summed E-state index contributed by atoms with van der Waals surface area (Å²) in [5.74, 6) is -1.62. The van der Waals surface area contributed by atoms with Crippen LogP contribution in [0.15, 0.2) is 16.6 Å². The van der Waals surface area contributed by atoms with Crippen LogP contribution >= 0.6 is 15.9 Å². The Kier molecular flexibility index (Phi) is 5.02. The number of methoxy groups -OCH3 is 1. The Morgan fingerprint density at radius 1 is 1.47 bits per heavy atom. The predicted octanol–water partition coefficient (Wildman–Crippen LogP) is 2.68. The van der Waals surface area contributed by atoms with Gasteiger partial charge >= 0.3 is 5.97 Å². The van der Waals surface area contributed by atoms with Crippen LogP contribution in [0.5, 0.6) is 0 Å². The first-order chi connectivity index (χ1) is 7.95. The third kappa shape index (κ3) is 3.74. The van der Waals surface area contributed by atoms with Gasteiger partial charge in [0.05, 0.1) is 11.6 Å². The molecular formula is C11H12BrF2NO2. The zero-order chi connectivity index (χ0) is 13.0. The topological polar surface area (TPSA) is 52.3 Å². The summed E-state index contributed by atoms with van der Waals surface area (Å²) in [7, 11) is 1.26. The van der Waals surface area contributed by atoms with Crippen LogP contribution in [-0.4, -0.2) is 13.1 Å². The molecule has 94 valence electrons. The van der Waals surface area contributed by atoms with Crippen molar-refractivity contribution in [2.24, 2.45) is 5.73 Å². The fourth-order valence-electron chi connectivity index (χ4n) is 1.35. The normalized spacial score (nSPS) is 12.3. The Hall–Kier alpha value is -1.01. The van der Waals surface area contributed by atoms with Crippen molar-refractivity contribution in [3.63, 3.8) is 0 Å². The first-order valence-corrected chi connectivity index (χ1v) is 5.71. The molecule has 0 radical (unpaired) electrons. The maximum atomic E-state index is 13.5. The van der Waals surface area contributed by atoms with Crippen LogP contribution in [0.3, 0.4) is 0 Å². The minimum atomic E-state index is -0.739. The van der Waals surface area contributed by atoms with E-state index in [4.69, 9.17) is 5.73 Å². The largest absolute Gasteiger partial charge is 0.469 e. The molecule has 0 fully saturated rings. The second-order valence-electron chi connectivity index (χ2n) is 3.51. The Bertz CT molecular complexity index is 426. The number of carbonyl (C=O) groups is 1. The summed E-state index contributed by atoms with van der Waals surface area (Å²) in [6.07, 6.45) is 0.263. The second kappa shape index (κ2) is 6.07. The number of carbonyl (C=O) groups excluding carboxylic acids is 1. The molecule has 1 atom stereocenters. The van der Waals surface area contributed by atoms with Crippen LogP contribution in [0, 0.1) is 11.6 Å². The van der Waals surface area contributed by atoms with E-state index in [1.54, 1.807) is 0 Å². The number of hydrogen-bond acceptors (Lipinski definition) is 3. The molecule has 1 aromatic carbocycles. The molecule has 0 bridgehead atoms. The van der Waals surface area contributed by atoms with Crippen molar-refractivity contribution in [1.29, 1.82) is 0 Å². The molecule has 0 aliphatic carbocycles. The van der Waals surface area contributed by atoms with E-state index >= 15 is 0 Å². The number of rotatable bonds is 4. The van der Waals surface area contributed by atoms with Crippen LogP contribution < -0.4 is 5.73 Å². The van der Waals surface area contributed by atoms with Gasteiger partial charge < -0.3 is 10.5 Å². The molecule has 0 heterocycles. The molecule has 0 saturated carbocycles. The van der Waals surface area contributed by atoms with Gasteiger partial charge in [-0.3, -0.25) is 4.79 Å². The van der Waals surface area contributed by atoms with E-state index < -0.39 is 23.6 Å². The lowest BCUT2D eigenvalue weighted by atomic mass is 10.0. The quantitative estimate of drug-likeness (QED) is 0.687. The highest BCUT2D eigenvalue weighted by Gasteiger charge is 2.16. The van der Waals surface area contributed by atoms with E-state index in [9.17, 15) is 13.6 Å². The van der Waals surface area contributed by atoms with E-state index in [-0.39, 0.29) is 22.9 Å². The molecule has 3 nitrogen and oxygen atoms in total. The van der Waals surface area contributed by atoms with Crippen molar-refractivity contribution in [2.75, 3.05) is 7.11 Å². The SMILES string of the molecule is COC(=O)CCC(N)c1cc(F)c(Br)cc1F. The van der Waals surface area contributed by atoms with Gasteiger partial charge in [0.15, 0.2) is 0 Å². The van der Waals surface area contributed by atoms with Crippen LogP contribution in [0.25, 0.3) is 0 Å². The molecule has 17 heavy (non-hydrogen) atoms. The lowest BCUT2D eigenvalue weighted by molar-refractivity contribution is -0.140. The zero-order valence-electron chi connectivity index (χ0n) is 9.17. The molecule has 1 rings (SSSR count). The zero-order valence-corrected chi connectivity index (χ0v) is 10.8. The third-order valence-electron chi connectivity index (χ3n) is 2.33. The Labute approximate surface area is 106 Å². The van der Waals surface area contributed by atoms with Crippen LogP contribution in [0.2, 0.25) is 0 Å². The molecule has 1 unspecified atom stereocenters. The summed E-state index contributed by atoms with van der Waals surface area (Å²) in [6.45, 7) is 0. The monoisotopic (exact) mass is 307 g/mol. The summed E-state index contributed by atoms with van der Waals surface area (Å²) >= 11 is 2.87. The Morgan fingerprint density at radius 3 is 2.71 bits per heavy atom. The van der Waals surface area contributed by atoms with Crippen LogP contribution in [-0.2, 0) is 9.53 Å². The Morgan fingerprint density at radius 2 is 2.12 bits per heavy atom. The molecule has 2 N–H and O–H groups in total. The molecule has 0 saturated heterocycles. The number of nitrogens with two attached hydrogens (primary N) is 1. The van der Waals surface area contributed by atoms with Gasteiger partial charge in [-0.25, -0.2) is 8.78 Å². The number of halogens is 3. The average Bonchev–Trinajstić information content (AvgIpc) is 2.30. The van der Waals surface area contributed by atoms with E-state index in [1.165, 1.54) is 7.11 Å². The third-order valence-corrected chi connectivity index (χ3v) is 2.93. The smallest absolute Gasteiger partial charge is 0.305 e. The molecule has 6 heteroatoms. The lowest BCUT2D eigenvalue weighted by Crippen LogP contribution is -2.15. The van der Waals surface area contributed by atoms with Crippen molar-refractivity contribution in [2.45, 2.75) is 18.9 Å². The molecule has 0 spiro atoms. The number of benzene rings is 1. The van der Waals surface area contributed by atoms with Gasteiger partial charge in [-0.05, 0) is 34.5 Å². The molecule has 0 amide bonds. The maximum Gasteiger partial charge on any atom is 0.305 e. The fourth-order valence-corrected chi connectivity index (χ4v) is 1.67. The minimum Gasteiger partial charge on any atom is -0.469 e. The first kappa shape index (κ1) is 14.1. The number of ether oxygens (including phenoxy) is 1. The standard InChI is InChI=1S/C11H12BrF2NO2/c1-17-11(16)3-2-10(15)6-4-9(14)7(12)5-8(6)13/h4-5,10H,2-3,15H2,1H3. The molecular weight excluding hydrogens is 296 g/mol. The molecule has 0 aliphatic heterocycles. The van der Waals surface area contributed by atoms with E-state index in [1.807, 2.05) is 0 Å². The second-order valence-corrected chi connectivity index (χ2v) is 4.36. The number of esters is 1. The van der Waals surface area contributed by atoms with E-state index in [0.29, 0.717) is 0 Å². The van der Waals surface area contributed by atoms with Gasteiger partial charge in [-0.2, -0.15) is 0 Å². The summed E-state index contributed by atoms with van der Waals surface area (Å²) in [5, 5.41) is 0. The van der Waals surface area contributed by atoms with Crippen molar-refractivity contribution < 1.29 is 18.3 Å². The average molecular weight is 308 g/mol. The molecule has 0 aromatic heterocycles. The fraction of sp³-hybridized carbons (Fsp3) is 0.364. The van der Waals surface area contributed by atoms with Gasteiger partial charge in [-0.15, -0.1) is 0 Å². The highest BCUT2D eigenvalue weighted by Crippen LogP contribution is 2.25. The summed E-state index contributed by atoms with van der Waals surface area (Å²) < 4.78 is 31.2. The van der Waals surface area contributed by atoms with Gasteiger partial charge in [0, 0.05) is 18.0 Å². The summed E-state index contributed by atoms with van der Waals surface area (Å²) in [5.41, 5.74) is 5.74. The van der Waals surface area contributed by atoms with E-state index in [2.05, 4.69) is 20.7 Å². The van der Waals surface area contributed by atoms with Gasteiger partial charge in [0.25, 0.3) is 0 Å². The predicted molar refractivity (Wildman–Crippen MR) is 62.2 cm³/mol. The van der Waals surface area contributed by atoms with Crippen molar-refractivity contribution in [3.05, 3.63) is 33.8 Å². The van der Waals surface area contributed by atoms with E-state index in [0.717, 1.165) is 12.1 Å². The van der Waals surface area contributed by atoms with Crippen molar-refractivity contribution in [3.8, 4) is 0 Å². The van der Waals surface area contributed by atoms with Crippen LogP contribution in [0.4, 0.5) is 8.78 Å². The van der Waals surface area contributed by atoms with Gasteiger partial charge in [0.2, 0.25) is 0 Å². The molecule has 1 aromatic rings. The highest BCUT2D eigenvalue weighted by atomic mass is 79.9. The summed E-state index contributed by atoms with van der Waals surface area (Å²) in [6, 6.07) is 1.31. The maximum absolute atomic E-state index is 13.5. The Balaban J connectivity index is 2.78. The van der Waals surface area contributed by atoms with Crippen molar-refractivity contribution in [1.82, 2.24) is 0 Å². The summed E-state index contributed by atoms with van der Waals surface area (Å²) in [4.78, 5) is 10.9. The lowest BCUT2D eigenvalue weighted by Gasteiger charge is -2.12. The number of hydrogen-bond donors (Lipinski definition) is 1. The van der Waals surface area contributed by atoms with Crippen LogP contribution in [0.1, 0.15) is 24.4 Å². The van der Waals surface area contributed by atoms with Gasteiger partial charge in [0.1, 0.15) is 11.6 Å². The highest BCUT2D eigenvalue weighted by molar-refractivity contribution is 9.10. The van der Waals surface area contributed by atoms with Gasteiger partial charge in [-0.1, -0.05) is 0 Å².